The quantitative estimate of drug-likeness (QED) is 0.509. The van der Waals surface area contributed by atoms with Gasteiger partial charge in [0.1, 0.15) is 12.5 Å². The van der Waals surface area contributed by atoms with Crippen LogP contribution in [0.5, 0.6) is 5.75 Å². The van der Waals surface area contributed by atoms with Crippen LogP contribution >= 0.6 is 0 Å². The number of carbonyl (C=O) groups excluding carboxylic acids is 2. The molecule has 2 aromatic heterocycles. The minimum absolute atomic E-state index is 0.00619. The van der Waals surface area contributed by atoms with E-state index in [1.54, 1.807) is 36.3 Å². The van der Waals surface area contributed by atoms with Gasteiger partial charge in [0.2, 0.25) is 0 Å². The van der Waals surface area contributed by atoms with Crippen molar-refractivity contribution >= 4 is 29.1 Å². The zero-order chi connectivity index (χ0) is 23.5. The van der Waals surface area contributed by atoms with Crippen LogP contribution in [0.3, 0.4) is 0 Å². The molecule has 1 aromatic carbocycles. The molecule has 1 aliphatic rings. The van der Waals surface area contributed by atoms with Crippen molar-refractivity contribution in [2.75, 3.05) is 37.9 Å². The first-order chi connectivity index (χ1) is 15.9. The number of anilines is 3. The van der Waals surface area contributed by atoms with Crippen LogP contribution in [0.1, 0.15) is 10.5 Å². The number of aromatic nitrogens is 5. The number of hydrogen-bond donors (Lipinski definition) is 3. The number of nitrogens with zero attached hydrogens (tertiary/aromatic N) is 6. The number of likely N-dealkylation sites (tertiary alicyclic amines) is 1. The van der Waals surface area contributed by atoms with Gasteiger partial charge in [-0.05, 0) is 12.1 Å². The number of alkyl halides is 1. The molecule has 0 aliphatic carbocycles. The van der Waals surface area contributed by atoms with E-state index < -0.39 is 18.1 Å². The Labute approximate surface area is 188 Å². The molecule has 0 spiro atoms. The predicted molar refractivity (Wildman–Crippen MR) is 117 cm³/mol. The van der Waals surface area contributed by atoms with Crippen LogP contribution in [0.25, 0.3) is 11.4 Å². The summed E-state index contributed by atoms with van der Waals surface area (Å²) in [6.07, 6.45) is 0.548. The van der Waals surface area contributed by atoms with E-state index >= 15 is 0 Å². The molecule has 12 nitrogen and oxygen atoms in total. The van der Waals surface area contributed by atoms with Crippen LogP contribution in [0, 0.1) is 0 Å². The Morgan fingerprint density at radius 3 is 2.64 bits per heavy atom. The summed E-state index contributed by atoms with van der Waals surface area (Å²) in [4.78, 5) is 30.2. The summed E-state index contributed by atoms with van der Waals surface area (Å²) in [7, 11) is 4.73. The van der Waals surface area contributed by atoms with Crippen LogP contribution in [0.2, 0.25) is 0 Å². The summed E-state index contributed by atoms with van der Waals surface area (Å²) in [5.41, 5.74) is 1.43. The van der Waals surface area contributed by atoms with Gasteiger partial charge in [0, 0.05) is 20.2 Å². The Morgan fingerprint density at radius 2 is 2.00 bits per heavy atom. The third-order valence-electron chi connectivity index (χ3n) is 4.92. The molecule has 1 aliphatic heterocycles. The van der Waals surface area contributed by atoms with Crippen molar-refractivity contribution in [1.29, 1.82) is 0 Å². The van der Waals surface area contributed by atoms with E-state index in [9.17, 15) is 14.0 Å². The summed E-state index contributed by atoms with van der Waals surface area (Å²) in [6, 6.07) is 6.30. The molecule has 0 radical (unpaired) electrons. The second-order valence-electron chi connectivity index (χ2n) is 7.26. The minimum atomic E-state index is -1.02. The summed E-state index contributed by atoms with van der Waals surface area (Å²) >= 11 is 0. The van der Waals surface area contributed by atoms with Gasteiger partial charge in [0.05, 0.1) is 37.1 Å². The van der Waals surface area contributed by atoms with E-state index in [1.807, 2.05) is 0 Å². The van der Waals surface area contributed by atoms with Gasteiger partial charge in [-0.1, -0.05) is 6.07 Å². The SMILES string of the molecule is CNC(=O)c1nnc(NC(=O)N2CC(F)C2)cc1Nc1cccc(-c2ncn(C)n2)c1OC. The molecule has 0 bridgehead atoms. The van der Waals surface area contributed by atoms with Crippen LogP contribution in [0.15, 0.2) is 30.6 Å². The van der Waals surface area contributed by atoms with E-state index in [1.165, 1.54) is 25.1 Å². The maximum absolute atomic E-state index is 13.1. The first-order valence-corrected chi connectivity index (χ1v) is 9.99. The number of carbonyl (C=O) groups is 2. The third kappa shape index (κ3) is 4.51. The fourth-order valence-corrected chi connectivity index (χ4v) is 3.25. The third-order valence-corrected chi connectivity index (χ3v) is 4.92. The highest BCUT2D eigenvalue weighted by Gasteiger charge is 2.30. The molecular formula is C20H22FN9O3. The van der Waals surface area contributed by atoms with Gasteiger partial charge >= 0.3 is 6.03 Å². The Balaban J connectivity index is 1.67. The molecule has 3 amide bonds. The van der Waals surface area contributed by atoms with Crippen molar-refractivity contribution in [3.05, 3.63) is 36.3 Å². The molecule has 1 saturated heterocycles. The monoisotopic (exact) mass is 455 g/mol. The molecule has 33 heavy (non-hydrogen) atoms. The topological polar surface area (TPSA) is 139 Å². The van der Waals surface area contributed by atoms with Gasteiger partial charge in [-0.25, -0.2) is 14.2 Å². The average Bonchev–Trinajstić information content (AvgIpc) is 3.22. The van der Waals surface area contributed by atoms with Crippen LogP contribution in [0.4, 0.5) is 26.4 Å². The number of para-hydroxylation sites is 1. The highest BCUT2D eigenvalue weighted by molar-refractivity contribution is 5.99. The lowest BCUT2D eigenvalue weighted by atomic mass is 10.1. The first kappa shape index (κ1) is 21.9. The second kappa shape index (κ2) is 9.06. The number of ether oxygens (including phenoxy) is 1. The van der Waals surface area contributed by atoms with Gasteiger partial charge in [-0.15, -0.1) is 10.2 Å². The molecule has 3 N–H and O–H groups in total. The minimum Gasteiger partial charge on any atom is -0.494 e. The highest BCUT2D eigenvalue weighted by atomic mass is 19.1. The number of benzene rings is 1. The molecule has 0 saturated carbocycles. The number of halogens is 1. The zero-order valence-electron chi connectivity index (χ0n) is 18.2. The number of aryl methyl sites for hydroxylation is 1. The smallest absolute Gasteiger partial charge is 0.323 e. The Kier molecular flexibility index (Phi) is 6.02. The molecular weight excluding hydrogens is 433 g/mol. The normalized spacial score (nSPS) is 13.3. The van der Waals surface area contributed by atoms with Crippen LogP contribution in [-0.2, 0) is 7.05 Å². The number of amides is 3. The van der Waals surface area contributed by atoms with Crippen LogP contribution < -0.4 is 20.7 Å². The maximum atomic E-state index is 13.1. The molecule has 0 unspecified atom stereocenters. The molecule has 4 rings (SSSR count). The van der Waals surface area contributed by atoms with Crippen LogP contribution in [-0.4, -0.2) is 75.2 Å². The van der Waals surface area contributed by atoms with Gasteiger partial charge in [-0.2, -0.15) is 5.10 Å². The Morgan fingerprint density at radius 1 is 1.21 bits per heavy atom. The summed E-state index contributed by atoms with van der Waals surface area (Å²) in [5.74, 6) is 0.529. The first-order valence-electron chi connectivity index (χ1n) is 9.99. The van der Waals surface area contributed by atoms with Gasteiger partial charge < -0.3 is 20.3 Å². The van der Waals surface area contributed by atoms with Crippen molar-refractivity contribution in [2.45, 2.75) is 6.17 Å². The second-order valence-corrected chi connectivity index (χ2v) is 7.26. The van der Waals surface area contributed by atoms with E-state index in [4.69, 9.17) is 4.74 Å². The Bertz CT molecular complexity index is 1190. The summed E-state index contributed by atoms with van der Waals surface area (Å²) in [6.45, 7) is 0.0402. The number of rotatable bonds is 6. The predicted octanol–water partition coefficient (Wildman–Crippen LogP) is 1.57. The molecule has 3 heterocycles. The molecule has 0 atom stereocenters. The standard InChI is InChI=1S/C20H22FN9O3/c1-22-19(31)16-14(7-15(26-27-16)25-20(32)30-8-11(21)9-30)24-13-6-4-5-12(17(13)33-3)18-23-10-29(2)28-18/h4-7,10-11H,8-9H2,1-3H3,(H,22,31)(H2,24,25,26,32). The number of urea groups is 1. The molecule has 3 aromatic rings. The van der Waals surface area contributed by atoms with E-state index in [2.05, 4.69) is 36.2 Å². The van der Waals surface area contributed by atoms with Gasteiger partial charge in [0.25, 0.3) is 5.91 Å². The molecule has 172 valence electrons. The lowest BCUT2D eigenvalue weighted by Crippen LogP contribution is -2.53. The molecule has 1 fully saturated rings. The number of hydrogen-bond acceptors (Lipinski definition) is 8. The Hall–Kier alpha value is -4.29. The van der Waals surface area contributed by atoms with Crippen molar-refractivity contribution in [3.8, 4) is 17.1 Å². The summed E-state index contributed by atoms with van der Waals surface area (Å²) in [5, 5.41) is 20.4. The van der Waals surface area contributed by atoms with E-state index in [0.29, 0.717) is 22.8 Å². The fraction of sp³-hybridized carbons (Fsp3) is 0.300. The summed E-state index contributed by atoms with van der Waals surface area (Å²) < 4.78 is 20.2. The highest BCUT2D eigenvalue weighted by Crippen LogP contribution is 2.37. The maximum Gasteiger partial charge on any atom is 0.323 e. The van der Waals surface area contributed by atoms with Crippen molar-refractivity contribution < 1.29 is 18.7 Å². The van der Waals surface area contributed by atoms with Gasteiger partial charge in [-0.3, -0.25) is 14.8 Å². The van der Waals surface area contributed by atoms with E-state index in [-0.39, 0.29) is 30.3 Å². The van der Waals surface area contributed by atoms with Crippen molar-refractivity contribution in [1.82, 2.24) is 35.2 Å². The zero-order valence-corrected chi connectivity index (χ0v) is 18.2. The van der Waals surface area contributed by atoms with Gasteiger partial charge in [0.15, 0.2) is 23.1 Å². The number of nitrogens with one attached hydrogen (secondary N) is 3. The number of methoxy groups -OCH3 is 1. The fourth-order valence-electron chi connectivity index (χ4n) is 3.25. The lowest BCUT2D eigenvalue weighted by molar-refractivity contribution is 0.0958. The lowest BCUT2D eigenvalue weighted by Gasteiger charge is -2.33. The van der Waals surface area contributed by atoms with Crippen molar-refractivity contribution in [2.24, 2.45) is 7.05 Å². The van der Waals surface area contributed by atoms with E-state index in [0.717, 1.165) is 0 Å². The average molecular weight is 455 g/mol. The van der Waals surface area contributed by atoms with Crippen molar-refractivity contribution in [3.63, 3.8) is 0 Å². The largest absolute Gasteiger partial charge is 0.494 e. The molecule has 13 heteroatoms.